The second kappa shape index (κ2) is 18.0. The van der Waals surface area contributed by atoms with Crippen LogP contribution in [0.15, 0.2) is 64.6 Å². The first-order chi connectivity index (χ1) is 19.4. The molecule has 0 aliphatic carbocycles. The molecule has 41 heavy (non-hydrogen) atoms. The first-order valence-electron chi connectivity index (χ1n) is 13.6. The van der Waals surface area contributed by atoms with Crippen molar-refractivity contribution in [2.45, 2.75) is 78.0 Å². The van der Waals surface area contributed by atoms with Crippen molar-refractivity contribution in [1.29, 1.82) is 0 Å². The molecule has 2 bridgehead atoms. The van der Waals surface area contributed by atoms with Crippen LogP contribution in [-0.4, -0.2) is 69.5 Å². The molecule has 2 rings (SSSR count). The van der Waals surface area contributed by atoms with Gasteiger partial charge in [0.1, 0.15) is 12.2 Å². The highest BCUT2D eigenvalue weighted by Crippen LogP contribution is 2.19. The zero-order valence-electron chi connectivity index (χ0n) is 24.8. The number of aromatic nitrogens is 1. The van der Waals surface area contributed by atoms with Gasteiger partial charge in [0.25, 0.3) is 0 Å². The zero-order valence-corrected chi connectivity index (χ0v) is 26.4. The van der Waals surface area contributed by atoms with Gasteiger partial charge in [-0.2, -0.15) is 0 Å². The maximum atomic E-state index is 12.7. The van der Waals surface area contributed by atoms with Gasteiger partial charge in [0, 0.05) is 48.2 Å². The van der Waals surface area contributed by atoms with Gasteiger partial charge < -0.3 is 18.9 Å². The van der Waals surface area contributed by atoms with E-state index in [1.54, 1.807) is 19.1 Å². The van der Waals surface area contributed by atoms with Gasteiger partial charge in [-0.1, -0.05) is 47.1 Å². The van der Waals surface area contributed by atoms with E-state index in [-0.39, 0.29) is 6.42 Å². The molecular weight excluding hydrogens is 562 g/mol. The number of cyclic esters (lactones) is 2. The number of likely N-dealkylation sites (N-methyl/N-ethyl adjacent to an activating group) is 1. The molecule has 1 N–H and O–H groups in total. The van der Waals surface area contributed by atoms with Crippen LogP contribution in [0.1, 0.15) is 57.7 Å². The predicted molar refractivity (Wildman–Crippen MR) is 163 cm³/mol. The largest absolute Gasteiger partial charge is 0.760 e. The van der Waals surface area contributed by atoms with Gasteiger partial charge in [-0.3, -0.25) is 9.00 Å². The van der Waals surface area contributed by atoms with Gasteiger partial charge in [0.2, 0.25) is 0 Å². The van der Waals surface area contributed by atoms with Gasteiger partial charge in [-0.25, -0.2) is 14.5 Å². The molecule has 11 heteroatoms. The average Bonchev–Trinajstić information content (AvgIpc) is 3.30. The molecule has 2 heterocycles. The van der Waals surface area contributed by atoms with Gasteiger partial charge in [-0.05, 0) is 60.7 Å². The van der Waals surface area contributed by atoms with Crippen LogP contribution < -0.4 is 4.72 Å². The lowest BCUT2D eigenvalue weighted by atomic mass is 10.1. The molecule has 0 aromatic carbocycles. The van der Waals surface area contributed by atoms with Gasteiger partial charge in [0.05, 0.1) is 17.1 Å². The second-order valence-corrected chi connectivity index (χ2v) is 12.2. The molecule has 1 aromatic rings. The number of nitrogens with one attached hydrogen (secondary N) is 1. The van der Waals surface area contributed by atoms with E-state index in [1.165, 1.54) is 17.4 Å². The molecule has 1 aromatic heterocycles. The lowest BCUT2D eigenvalue weighted by Gasteiger charge is -2.20. The van der Waals surface area contributed by atoms with Crippen LogP contribution in [0, 0.1) is 0 Å². The summed E-state index contributed by atoms with van der Waals surface area (Å²) in [5.41, 5.74) is 3.77. The topological polar surface area (TPSA) is 121 Å². The van der Waals surface area contributed by atoms with Crippen molar-refractivity contribution < 1.29 is 27.8 Å². The van der Waals surface area contributed by atoms with E-state index in [4.69, 9.17) is 9.47 Å². The Morgan fingerprint density at radius 1 is 1.20 bits per heavy atom. The SMILES string of the molecule is CC(/C=C/C(C)=C/C1Cc2nc(cs2)CCC(NS(=O)[O-])CC(=O)OC(C)C/C(C)=C/C=C\C(=O)O1)=C\CN(C)C. The van der Waals surface area contributed by atoms with Crippen molar-refractivity contribution >= 4 is 34.5 Å². The summed E-state index contributed by atoms with van der Waals surface area (Å²) in [6, 6.07) is -0.610. The van der Waals surface area contributed by atoms with Crippen LogP contribution >= 0.6 is 11.3 Å². The summed E-state index contributed by atoms with van der Waals surface area (Å²) in [6.45, 7) is 8.50. The maximum Gasteiger partial charge on any atom is 0.331 e. The molecular formula is C30H42N3O6S2-. The number of carbonyl (C=O) groups is 2. The third kappa shape index (κ3) is 15.2. The number of carbonyl (C=O) groups excluding carboxylic acids is 2. The number of nitrogens with zero attached hydrogens (tertiary/aromatic N) is 2. The minimum Gasteiger partial charge on any atom is -0.760 e. The molecule has 4 atom stereocenters. The highest BCUT2D eigenvalue weighted by Gasteiger charge is 2.19. The number of hydrogen-bond donors (Lipinski definition) is 1. The lowest BCUT2D eigenvalue weighted by Crippen LogP contribution is -2.34. The Bertz CT molecular complexity index is 1200. The summed E-state index contributed by atoms with van der Waals surface area (Å²) >= 11 is -1.07. The Morgan fingerprint density at radius 3 is 2.63 bits per heavy atom. The van der Waals surface area contributed by atoms with Crippen molar-refractivity contribution in [3.63, 3.8) is 0 Å². The van der Waals surface area contributed by atoms with Crippen LogP contribution in [0.4, 0.5) is 0 Å². The molecule has 1 aliphatic rings. The van der Waals surface area contributed by atoms with Gasteiger partial charge >= 0.3 is 11.9 Å². The Morgan fingerprint density at radius 2 is 1.93 bits per heavy atom. The number of thiazole rings is 1. The molecule has 0 saturated heterocycles. The lowest BCUT2D eigenvalue weighted by molar-refractivity contribution is -0.148. The zero-order chi connectivity index (χ0) is 30.4. The minimum atomic E-state index is -2.52. The Balaban J connectivity index is 2.30. The van der Waals surface area contributed by atoms with Gasteiger partial charge in [0.15, 0.2) is 0 Å². The maximum absolute atomic E-state index is 12.7. The van der Waals surface area contributed by atoms with E-state index in [0.717, 1.165) is 34.0 Å². The number of allylic oxidation sites excluding steroid dienone is 6. The number of rotatable bonds is 7. The molecule has 0 saturated carbocycles. The number of fused-ring (bicyclic) bond motifs is 2. The highest BCUT2D eigenvalue weighted by molar-refractivity contribution is 7.77. The van der Waals surface area contributed by atoms with E-state index in [9.17, 15) is 18.4 Å². The number of esters is 2. The molecule has 0 amide bonds. The van der Waals surface area contributed by atoms with Crippen molar-refractivity contribution in [3.05, 3.63) is 75.3 Å². The molecule has 226 valence electrons. The van der Waals surface area contributed by atoms with Crippen LogP contribution in [0.25, 0.3) is 0 Å². The fourth-order valence-corrected chi connectivity index (χ4v) is 5.39. The molecule has 0 fully saturated rings. The highest BCUT2D eigenvalue weighted by atomic mass is 32.2. The molecule has 1 aliphatic heterocycles. The third-order valence-corrected chi connectivity index (χ3v) is 7.50. The smallest absolute Gasteiger partial charge is 0.331 e. The van der Waals surface area contributed by atoms with Crippen molar-refractivity contribution in [2.24, 2.45) is 0 Å². The number of aryl methyl sites for hydroxylation is 1. The van der Waals surface area contributed by atoms with Crippen molar-refractivity contribution in [1.82, 2.24) is 14.6 Å². The van der Waals surface area contributed by atoms with Crippen LogP contribution in [-0.2, 0) is 43.2 Å². The van der Waals surface area contributed by atoms with Gasteiger partial charge in [-0.15, -0.1) is 11.3 Å². The summed E-state index contributed by atoms with van der Waals surface area (Å²) in [5.74, 6) is -0.950. The van der Waals surface area contributed by atoms with E-state index in [2.05, 4.69) is 20.7 Å². The standard InChI is InChI=1S/C30H43N3O6S2/c1-21(14-15-33(5)6)10-11-23(3)17-27-19-28-31-26(20-40-28)13-12-25(32-41(36)37)18-30(35)38-24(4)16-22(2)8-7-9-29(34)39-27/h7-11,14,17,20,24-25,27,32H,12-13,15-16,18-19H2,1-6H3,(H,36,37)/p-1/b9-7-,11-10+,21-14+,22-8+,23-17+. The quantitative estimate of drug-likeness (QED) is 0.274. The summed E-state index contributed by atoms with van der Waals surface area (Å²) in [6.07, 6.45) is 13.6. The number of hydrogen-bond acceptors (Lipinski definition) is 9. The summed E-state index contributed by atoms with van der Waals surface area (Å²) in [5, 5.41) is 2.69. The molecule has 9 nitrogen and oxygen atoms in total. The Hall–Kier alpha value is -2.70. The fraction of sp³-hybridized carbons (Fsp3) is 0.500. The van der Waals surface area contributed by atoms with E-state index in [0.29, 0.717) is 25.7 Å². The van der Waals surface area contributed by atoms with E-state index < -0.39 is 41.5 Å². The number of ether oxygens (including phenoxy) is 2. The average molecular weight is 605 g/mol. The first kappa shape index (κ1) is 34.5. The predicted octanol–water partition coefficient (Wildman–Crippen LogP) is 4.52. The fourth-order valence-electron chi connectivity index (χ4n) is 4.05. The summed E-state index contributed by atoms with van der Waals surface area (Å²) in [7, 11) is 4.03. The third-order valence-electron chi connectivity index (χ3n) is 6.06. The normalized spacial score (nSPS) is 25.5. The second-order valence-electron chi connectivity index (χ2n) is 10.5. The Kier molecular flexibility index (Phi) is 15.1. The summed E-state index contributed by atoms with van der Waals surface area (Å²) < 4.78 is 36.4. The van der Waals surface area contributed by atoms with Crippen molar-refractivity contribution in [2.75, 3.05) is 20.6 Å². The molecule has 4 unspecified atom stereocenters. The molecule has 0 radical (unpaired) electrons. The minimum absolute atomic E-state index is 0.0796. The monoisotopic (exact) mass is 604 g/mol. The van der Waals surface area contributed by atoms with Crippen LogP contribution in [0.3, 0.4) is 0 Å². The van der Waals surface area contributed by atoms with E-state index >= 15 is 0 Å². The van der Waals surface area contributed by atoms with Crippen LogP contribution in [0.5, 0.6) is 0 Å². The van der Waals surface area contributed by atoms with Crippen molar-refractivity contribution in [3.8, 4) is 0 Å². The first-order valence-corrected chi connectivity index (χ1v) is 15.6. The Labute approximate surface area is 250 Å². The van der Waals surface area contributed by atoms with Crippen LogP contribution in [0.2, 0.25) is 0 Å². The molecule has 0 spiro atoms. The summed E-state index contributed by atoms with van der Waals surface area (Å²) in [4.78, 5) is 31.9. The van der Waals surface area contributed by atoms with E-state index in [1.807, 2.05) is 58.5 Å².